The predicted octanol–water partition coefficient (Wildman–Crippen LogP) is 0.902. The van der Waals surface area contributed by atoms with Crippen molar-refractivity contribution in [2.45, 2.75) is 24.3 Å². The van der Waals surface area contributed by atoms with Gasteiger partial charge in [-0.15, -0.1) is 0 Å². The molecule has 0 bridgehead atoms. The van der Waals surface area contributed by atoms with Gasteiger partial charge in [-0.05, 0) is 37.3 Å². The summed E-state index contributed by atoms with van der Waals surface area (Å²) in [5.41, 5.74) is 5.19. The van der Waals surface area contributed by atoms with Gasteiger partial charge in [0.2, 0.25) is 15.9 Å². The summed E-state index contributed by atoms with van der Waals surface area (Å²) in [6.45, 7) is 1.73. The minimum atomic E-state index is -3.70. The minimum Gasteiger partial charge on any atom is -0.479 e. The van der Waals surface area contributed by atoms with Gasteiger partial charge in [0.05, 0.1) is 10.6 Å². The molecule has 0 aliphatic carbocycles. The molecule has 170 valence electrons. The van der Waals surface area contributed by atoms with Gasteiger partial charge in [-0.2, -0.15) is 0 Å². The van der Waals surface area contributed by atoms with Crippen LogP contribution in [0.15, 0.2) is 53.4 Å². The number of amides is 3. The van der Waals surface area contributed by atoms with E-state index in [-0.39, 0.29) is 29.3 Å². The summed E-state index contributed by atoms with van der Waals surface area (Å²) < 4.78 is 31.1. The van der Waals surface area contributed by atoms with Crippen molar-refractivity contribution in [2.75, 3.05) is 25.5 Å². The molecule has 1 aliphatic heterocycles. The number of carbonyl (C=O) groups excluding carboxylic acids is 3. The van der Waals surface area contributed by atoms with Crippen LogP contribution in [0.2, 0.25) is 0 Å². The third-order valence-electron chi connectivity index (χ3n) is 4.83. The average Bonchev–Trinajstić information content (AvgIpc) is 2.77. The number of nitrogens with one attached hydrogen (secondary N) is 2. The zero-order valence-electron chi connectivity index (χ0n) is 17.9. The van der Waals surface area contributed by atoms with Crippen molar-refractivity contribution >= 4 is 33.4 Å². The van der Waals surface area contributed by atoms with Crippen LogP contribution < -0.4 is 20.5 Å². The Hall–Kier alpha value is -3.44. The van der Waals surface area contributed by atoms with Gasteiger partial charge in [0.15, 0.2) is 6.10 Å². The van der Waals surface area contributed by atoms with Crippen molar-refractivity contribution in [3.05, 3.63) is 54.1 Å². The van der Waals surface area contributed by atoms with Gasteiger partial charge in [-0.3, -0.25) is 25.2 Å². The standard InChI is InChI=1S/C21H24N4O6S/c1-14-21(28)25(17-9-4-5-10-18(17)31-14)12-11-19(26)22-23-20(27)15-7-6-8-16(13-15)32(29,30)24(2)3/h4-10,13-14H,11-12H2,1-3H3,(H,22,26)(H,23,27). The molecule has 0 fully saturated rings. The quantitative estimate of drug-likeness (QED) is 0.617. The lowest BCUT2D eigenvalue weighted by atomic mass is 10.1. The number of ether oxygens (including phenoxy) is 1. The molecule has 0 saturated carbocycles. The molecule has 2 aromatic rings. The molecule has 2 N–H and O–H groups in total. The van der Waals surface area contributed by atoms with E-state index in [4.69, 9.17) is 4.74 Å². The van der Waals surface area contributed by atoms with E-state index in [0.29, 0.717) is 11.4 Å². The topological polar surface area (TPSA) is 125 Å². The zero-order chi connectivity index (χ0) is 23.5. The Bertz CT molecular complexity index is 1150. The molecule has 2 aromatic carbocycles. The fourth-order valence-corrected chi connectivity index (χ4v) is 4.02. The average molecular weight is 461 g/mol. The Morgan fingerprint density at radius 1 is 1.09 bits per heavy atom. The molecule has 1 atom stereocenters. The second-order valence-corrected chi connectivity index (χ2v) is 9.44. The van der Waals surface area contributed by atoms with E-state index in [0.717, 1.165) is 4.31 Å². The van der Waals surface area contributed by atoms with E-state index in [1.54, 1.807) is 31.2 Å². The van der Waals surface area contributed by atoms with E-state index in [1.165, 1.54) is 43.3 Å². The maximum atomic E-state index is 12.5. The summed E-state index contributed by atoms with van der Waals surface area (Å²) >= 11 is 0. The third kappa shape index (κ3) is 4.89. The predicted molar refractivity (Wildman–Crippen MR) is 116 cm³/mol. The lowest BCUT2D eigenvalue weighted by Crippen LogP contribution is -2.47. The van der Waals surface area contributed by atoms with Gasteiger partial charge in [-0.25, -0.2) is 12.7 Å². The van der Waals surface area contributed by atoms with Gasteiger partial charge >= 0.3 is 0 Å². The van der Waals surface area contributed by atoms with Crippen molar-refractivity contribution < 1.29 is 27.5 Å². The molecule has 0 spiro atoms. The fourth-order valence-electron chi connectivity index (χ4n) is 3.07. The summed E-state index contributed by atoms with van der Waals surface area (Å²) in [7, 11) is -0.922. The summed E-state index contributed by atoms with van der Waals surface area (Å²) in [6.07, 6.45) is -0.736. The molecule has 0 aromatic heterocycles. The lowest BCUT2D eigenvalue weighted by Gasteiger charge is -2.32. The number of nitrogens with zero attached hydrogens (tertiary/aromatic N) is 2. The number of para-hydroxylation sites is 2. The molecule has 11 heteroatoms. The lowest BCUT2D eigenvalue weighted by molar-refractivity contribution is -0.125. The van der Waals surface area contributed by atoms with Crippen LogP contribution in [0.3, 0.4) is 0 Å². The minimum absolute atomic E-state index is 0.0416. The highest BCUT2D eigenvalue weighted by Crippen LogP contribution is 2.33. The Kier molecular flexibility index (Phi) is 6.80. The molecule has 1 aliphatic rings. The molecule has 1 unspecified atom stereocenters. The van der Waals surface area contributed by atoms with Gasteiger partial charge < -0.3 is 9.64 Å². The third-order valence-corrected chi connectivity index (χ3v) is 6.64. The molecule has 3 amide bonds. The highest BCUT2D eigenvalue weighted by Gasteiger charge is 2.31. The first-order valence-electron chi connectivity index (χ1n) is 9.80. The van der Waals surface area contributed by atoms with Crippen molar-refractivity contribution in [2.24, 2.45) is 0 Å². The van der Waals surface area contributed by atoms with Crippen molar-refractivity contribution in [1.82, 2.24) is 15.2 Å². The Balaban J connectivity index is 1.59. The van der Waals surface area contributed by atoms with Gasteiger partial charge in [0.25, 0.3) is 11.8 Å². The largest absolute Gasteiger partial charge is 0.479 e. The van der Waals surface area contributed by atoms with Crippen LogP contribution >= 0.6 is 0 Å². The first-order chi connectivity index (χ1) is 15.1. The van der Waals surface area contributed by atoms with E-state index in [1.807, 2.05) is 0 Å². The highest BCUT2D eigenvalue weighted by atomic mass is 32.2. The molecule has 0 radical (unpaired) electrons. The number of rotatable bonds is 6. The number of hydrogen-bond acceptors (Lipinski definition) is 6. The van der Waals surface area contributed by atoms with Crippen molar-refractivity contribution in [3.63, 3.8) is 0 Å². The molecule has 1 heterocycles. The van der Waals surface area contributed by atoms with E-state index < -0.39 is 27.9 Å². The van der Waals surface area contributed by atoms with Crippen molar-refractivity contribution in [3.8, 4) is 5.75 Å². The second-order valence-electron chi connectivity index (χ2n) is 7.29. The number of sulfonamides is 1. The normalized spacial score (nSPS) is 15.7. The summed E-state index contributed by atoms with van der Waals surface area (Å²) in [5, 5.41) is 0. The maximum absolute atomic E-state index is 12.5. The molecule has 0 saturated heterocycles. The monoisotopic (exact) mass is 460 g/mol. The van der Waals surface area contributed by atoms with Crippen LogP contribution in [0, 0.1) is 0 Å². The van der Waals surface area contributed by atoms with E-state index in [9.17, 15) is 22.8 Å². The molecule has 3 rings (SSSR count). The van der Waals surface area contributed by atoms with Crippen LogP contribution in [-0.4, -0.2) is 57.2 Å². The van der Waals surface area contributed by atoms with Crippen molar-refractivity contribution in [1.29, 1.82) is 0 Å². The first kappa shape index (κ1) is 23.2. The molecule has 10 nitrogen and oxygen atoms in total. The van der Waals surface area contributed by atoms with Crippen LogP contribution in [-0.2, 0) is 19.6 Å². The SMILES string of the molecule is CC1Oc2ccccc2N(CCC(=O)NNC(=O)c2cccc(S(=O)(=O)N(C)C)c2)C1=O. The van der Waals surface area contributed by atoms with Crippen LogP contribution in [0.25, 0.3) is 0 Å². The van der Waals surface area contributed by atoms with Crippen LogP contribution in [0.5, 0.6) is 5.75 Å². The summed E-state index contributed by atoms with van der Waals surface area (Å²) in [6, 6.07) is 12.5. The van der Waals surface area contributed by atoms with E-state index >= 15 is 0 Å². The number of carbonyl (C=O) groups is 3. The number of hydrogen-bond donors (Lipinski definition) is 2. The maximum Gasteiger partial charge on any atom is 0.269 e. The molecular formula is C21H24N4O6S. The van der Waals surface area contributed by atoms with Gasteiger partial charge in [0, 0.05) is 32.6 Å². The van der Waals surface area contributed by atoms with Gasteiger partial charge in [0.1, 0.15) is 5.75 Å². The first-order valence-corrected chi connectivity index (χ1v) is 11.2. The van der Waals surface area contributed by atoms with Crippen LogP contribution in [0.1, 0.15) is 23.7 Å². The fraction of sp³-hybridized carbons (Fsp3) is 0.286. The Morgan fingerprint density at radius 2 is 1.81 bits per heavy atom. The van der Waals surface area contributed by atoms with Crippen LogP contribution in [0.4, 0.5) is 5.69 Å². The highest BCUT2D eigenvalue weighted by molar-refractivity contribution is 7.89. The number of hydrazine groups is 1. The van der Waals surface area contributed by atoms with Gasteiger partial charge in [-0.1, -0.05) is 18.2 Å². The Labute approximate surface area is 186 Å². The number of anilines is 1. The smallest absolute Gasteiger partial charge is 0.269 e. The van der Waals surface area contributed by atoms with E-state index in [2.05, 4.69) is 10.9 Å². The summed E-state index contributed by atoms with van der Waals surface area (Å²) in [5.74, 6) is -0.893. The number of benzene rings is 2. The summed E-state index contributed by atoms with van der Waals surface area (Å²) in [4.78, 5) is 38.5. The zero-order valence-corrected chi connectivity index (χ0v) is 18.7. The number of fused-ring (bicyclic) bond motifs is 1. The Morgan fingerprint density at radius 3 is 2.53 bits per heavy atom. The molecular weight excluding hydrogens is 436 g/mol. The second kappa shape index (κ2) is 9.37. The molecule has 32 heavy (non-hydrogen) atoms.